The third-order valence-corrected chi connectivity index (χ3v) is 3.52. The molecule has 8 heteroatoms. The van der Waals surface area contributed by atoms with Crippen LogP contribution in [-0.2, 0) is 19.1 Å². The van der Waals surface area contributed by atoms with Crippen molar-refractivity contribution >= 4 is 29.5 Å². The highest BCUT2D eigenvalue weighted by molar-refractivity contribution is 6.16. The molecule has 0 radical (unpaired) electrons. The van der Waals surface area contributed by atoms with Gasteiger partial charge >= 0.3 is 12.0 Å². The summed E-state index contributed by atoms with van der Waals surface area (Å²) in [7, 11) is 1.19. The minimum absolute atomic E-state index is 0.0967. The number of anilines is 1. The SMILES string of the molecule is COC(=O)CN1C(=O)N(c2ccccc2)C(=O)C[C@@H]1CC(N)=O. The topological polar surface area (TPSA) is 110 Å². The third-order valence-electron chi connectivity index (χ3n) is 3.52. The number of amides is 4. The lowest BCUT2D eigenvalue weighted by molar-refractivity contribution is -0.142. The van der Waals surface area contributed by atoms with Crippen LogP contribution in [0, 0.1) is 0 Å². The molecule has 2 rings (SSSR count). The summed E-state index contributed by atoms with van der Waals surface area (Å²) in [6.45, 7) is -0.357. The van der Waals surface area contributed by atoms with Gasteiger partial charge in [-0.05, 0) is 12.1 Å². The van der Waals surface area contributed by atoms with E-state index >= 15 is 0 Å². The molecule has 0 aliphatic carbocycles. The summed E-state index contributed by atoms with van der Waals surface area (Å²) >= 11 is 0. The zero-order chi connectivity index (χ0) is 17.0. The van der Waals surface area contributed by atoms with Gasteiger partial charge in [0.25, 0.3) is 0 Å². The molecule has 0 bridgehead atoms. The minimum Gasteiger partial charge on any atom is -0.468 e. The highest BCUT2D eigenvalue weighted by atomic mass is 16.5. The number of urea groups is 1. The van der Waals surface area contributed by atoms with Crippen molar-refractivity contribution in [1.29, 1.82) is 0 Å². The molecule has 0 spiro atoms. The fourth-order valence-corrected chi connectivity index (χ4v) is 2.44. The second kappa shape index (κ2) is 6.91. The summed E-state index contributed by atoms with van der Waals surface area (Å²) in [6.07, 6.45) is -0.294. The summed E-state index contributed by atoms with van der Waals surface area (Å²) in [5.41, 5.74) is 5.57. The maximum atomic E-state index is 12.7. The van der Waals surface area contributed by atoms with Crippen LogP contribution in [0.5, 0.6) is 0 Å². The Labute approximate surface area is 132 Å². The molecule has 1 aromatic rings. The lowest BCUT2D eigenvalue weighted by atomic mass is 10.0. The number of esters is 1. The number of ether oxygens (including phenoxy) is 1. The van der Waals surface area contributed by atoms with Crippen molar-refractivity contribution in [2.24, 2.45) is 5.73 Å². The molecule has 1 heterocycles. The molecule has 8 nitrogen and oxygen atoms in total. The van der Waals surface area contributed by atoms with E-state index in [-0.39, 0.29) is 19.4 Å². The molecule has 1 aliphatic heterocycles. The van der Waals surface area contributed by atoms with Gasteiger partial charge in [0.05, 0.1) is 18.8 Å². The largest absolute Gasteiger partial charge is 0.468 e. The van der Waals surface area contributed by atoms with E-state index in [0.29, 0.717) is 5.69 Å². The maximum Gasteiger partial charge on any atom is 0.332 e. The van der Waals surface area contributed by atoms with E-state index in [0.717, 1.165) is 9.80 Å². The lowest BCUT2D eigenvalue weighted by Crippen LogP contribution is -2.59. The molecule has 1 saturated heterocycles. The molecular formula is C15H17N3O5. The number of benzene rings is 1. The number of nitrogens with two attached hydrogens (primary N) is 1. The van der Waals surface area contributed by atoms with Crippen LogP contribution < -0.4 is 10.6 Å². The average Bonchev–Trinajstić information content (AvgIpc) is 2.51. The molecule has 4 amide bonds. The molecule has 1 fully saturated rings. The number of nitrogens with zero attached hydrogens (tertiary/aromatic N) is 2. The summed E-state index contributed by atoms with van der Waals surface area (Å²) in [5, 5.41) is 0. The van der Waals surface area contributed by atoms with Gasteiger partial charge < -0.3 is 15.4 Å². The molecular weight excluding hydrogens is 302 g/mol. The Balaban J connectivity index is 2.32. The van der Waals surface area contributed by atoms with Crippen molar-refractivity contribution in [2.75, 3.05) is 18.6 Å². The van der Waals surface area contributed by atoms with E-state index in [1.54, 1.807) is 30.3 Å². The van der Waals surface area contributed by atoms with Crippen LogP contribution in [0.15, 0.2) is 30.3 Å². The summed E-state index contributed by atoms with van der Waals surface area (Å²) < 4.78 is 4.57. The third kappa shape index (κ3) is 3.65. The van der Waals surface area contributed by atoms with Gasteiger partial charge in [-0.3, -0.25) is 14.4 Å². The Morgan fingerprint density at radius 3 is 2.48 bits per heavy atom. The Bertz CT molecular complexity index is 631. The normalized spacial score (nSPS) is 18.0. The van der Waals surface area contributed by atoms with E-state index in [4.69, 9.17) is 5.73 Å². The standard InChI is InChI=1S/C15H17N3O5/c1-23-14(21)9-17-11(7-12(16)19)8-13(20)18(15(17)22)10-5-3-2-4-6-10/h2-6,11H,7-9H2,1H3,(H2,16,19)/t11-/m0/s1. The smallest absolute Gasteiger partial charge is 0.332 e. The van der Waals surface area contributed by atoms with E-state index in [2.05, 4.69) is 4.74 Å². The van der Waals surface area contributed by atoms with Gasteiger partial charge in [0.15, 0.2) is 0 Å². The second-order valence-electron chi connectivity index (χ2n) is 5.08. The first-order valence-corrected chi connectivity index (χ1v) is 6.97. The molecule has 1 atom stereocenters. The fourth-order valence-electron chi connectivity index (χ4n) is 2.44. The van der Waals surface area contributed by atoms with Gasteiger partial charge in [0, 0.05) is 12.8 Å². The van der Waals surface area contributed by atoms with Crippen molar-refractivity contribution in [3.63, 3.8) is 0 Å². The van der Waals surface area contributed by atoms with Gasteiger partial charge in [0.1, 0.15) is 6.54 Å². The first-order chi connectivity index (χ1) is 10.9. The van der Waals surface area contributed by atoms with Gasteiger partial charge in [-0.2, -0.15) is 0 Å². The first-order valence-electron chi connectivity index (χ1n) is 6.97. The average molecular weight is 319 g/mol. The Kier molecular flexibility index (Phi) is 4.95. The Hall–Kier alpha value is -2.90. The van der Waals surface area contributed by atoms with E-state index in [1.165, 1.54) is 7.11 Å². The molecule has 2 N–H and O–H groups in total. The molecule has 1 aliphatic rings. The summed E-state index contributed by atoms with van der Waals surface area (Å²) in [4.78, 5) is 49.8. The Morgan fingerprint density at radius 2 is 1.91 bits per heavy atom. The number of carbonyl (C=O) groups excluding carboxylic acids is 4. The van der Waals surface area contributed by atoms with Crippen molar-refractivity contribution in [3.05, 3.63) is 30.3 Å². The number of hydrogen-bond acceptors (Lipinski definition) is 5. The molecule has 0 aromatic heterocycles. The van der Waals surface area contributed by atoms with Crippen LogP contribution in [0.1, 0.15) is 12.8 Å². The maximum absolute atomic E-state index is 12.7. The van der Waals surface area contributed by atoms with Crippen LogP contribution in [0.3, 0.4) is 0 Å². The predicted octanol–water partition coefficient (Wildman–Crippen LogP) is 0.262. The molecule has 0 unspecified atom stereocenters. The molecule has 1 aromatic carbocycles. The minimum atomic E-state index is -0.758. The van der Waals surface area contributed by atoms with Crippen molar-refractivity contribution < 1.29 is 23.9 Å². The van der Waals surface area contributed by atoms with E-state index in [9.17, 15) is 19.2 Å². The van der Waals surface area contributed by atoms with Crippen LogP contribution >= 0.6 is 0 Å². The first kappa shape index (κ1) is 16.5. The number of primary amides is 1. The van der Waals surface area contributed by atoms with Crippen LogP contribution in [-0.4, -0.2) is 48.4 Å². The van der Waals surface area contributed by atoms with E-state index < -0.39 is 29.9 Å². The zero-order valence-corrected chi connectivity index (χ0v) is 12.6. The number of carbonyl (C=O) groups is 4. The quantitative estimate of drug-likeness (QED) is 0.783. The number of imide groups is 1. The number of para-hydroxylation sites is 1. The molecule has 0 saturated carbocycles. The number of hydrogen-bond donors (Lipinski definition) is 1. The van der Waals surface area contributed by atoms with Gasteiger partial charge in [0.2, 0.25) is 11.8 Å². The second-order valence-corrected chi connectivity index (χ2v) is 5.08. The molecule has 23 heavy (non-hydrogen) atoms. The van der Waals surface area contributed by atoms with Crippen molar-refractivity contribution in [2.45, 2.75) is 18.9 Å². The van der Waals surface area contributed by atoms with Gasteiger partial charge in [-0.1, -0.05) is 18.2 Å². The zero-order valence-electron chi connectivity index (χ0n) is 12.6. The highest BCUT2D eigenvalue weighted by Crippen LogP contribution is 2.25. The van der Waals surface area contributed by atoms with E-state index in [1.807, 2.05) is 0 Å². The fraction of sp³-hybridized carbons (Fsp3) is 0.333. The monoisotopic (exact) mass is 319 g/mol. The summed E-state index contributed by atoms with van der Waals surface area (Å²) in [5.74, 6) is -1.75. The van der Waals surface area contributed by atoms with Crippen molar-refractivity contribution in [1.82, 2.24) is 4.90 Å². The summed E-state index contributed by atoms with van der Waals surface area (Å²) in [6, 6.07) is 6.92. The van der Waals surface area contributed by atoms with Crippen LogP contribution in [0.2, 0.25) is 0 Å². The van der Waals surface area contributed by atoms with Gasteiger partial charge in [-0.25, -0.2) is 9.69 Å². The Morgan fingerprint density at radius 1 is 1.26 bits per heavy atom. The highest BCUT2D eigenvalue weighted by Gasteiger charge is 2.41. The van der Waals surface area contributed by atoms with Gasteiger partial charge in [-0.15, -0.1) is 0 Å². The number of rotatable bonds is 5. The lowest BCUT2D eigenvalue weighted by Gasteiger charge is -2.39. The van der Waals surface area contributed by atoms with Crippen molar-refractivity contribution in [3.8, 4) is 0 Å². The number of methoxy groups -OCH3 is 1. The van der Waals surface area contributed by atoms with Crippen LogP contribution in [0.25, 0.3) is 0 Å². The predicted molar refractivity (Wildman–Crippen MR) is 80.3 cm³/mol. The molecule has 122 valence electrons. The van der Waals surface area contributed by atoms with Crippen LogP contribution in [0.4, 0.5) is 10.5 Å².